The lowest BCUT2D eigenvalue weighted by molar-refractivity contribution is -0.149. The van der Waals surface area contributed by atoms with E-state index in [0.29, 0.717) is 18.8 Å². The second-order valence-corrected chi connectivity index (χ2v) is 6.22. The predicted octanol–water partition coefficient (Wildman–Crippen LogP) is 2.71. The van der Waals surface area contributed by atoms with Gasteiger partial charge in [0.05, 0.1) is 12.5 Å². The van der Waals surface area contributed by atoms with Crippen molar-refractivity contribution in [1.82, 2.24) is 4.90 Å². The van der Waals surface area contributed by atoms with Crippen LogP contribution in [0.1, 0.15) is 23.5 Å². The summed E-state index contributed by atoms with van der Waals surface area (Å²) in [4.78, 5) is 26.1. The molecule has 1 aliphatic heterocycles. The third kappa shape index (κ3) is 3.65. The first-order chi connectivity index (χ1) is 12.1. The Bertz CT molecular complexity index is 759. The zero-order valence-corrected chi connectivity index (χ0v) is 14.1. The largest absolute Gasteiger partial charge is 0.493 e. The third-order valence-corrected chi connectivity index (χ3v) is 4.63. The molecule has 0 aromatic heterocycles. The number of benzene rings is 2. The van der Waals surface area contributed by atoms with Crippen LogP contribution in [0.3, 0.4) is 0 Å². The Balaban J connectivity index is 1.82. The number of fused-ring (bicyclic) bond motifs is 1. The monoisotopic (exact) mass is 339 g/mol. The third-order valence-electron chi connectivity index (χ3n) is 4.63. The number of carbonyl (C=O) groups excluding carboxylic acids is 1. The quantitative estimate of drug-likeness (QED) is 0.909. The van der Waals surface area contributed by atoms with Crippen LogP contribution >= 0.6 is 0 Å². The molecule has 1 amide bonds. The van der Waals surface area contributed by atoms with E-state index in [9.17, 15) is 14.7 Å². The summed E-state index contributed by atoms with van der Waals surface area (Å²) in [5, 5.41) is 9.63. The van der Waals surface area contributed by atoms with E-state index in [2.05, 4.69) is 0 Å². The molecule has 2 aromatic rings. The molecule has 1 N–H and O–H groups in total. The van der Waals surface area contributed by atoms with Crippen molar-refractivity contribution in [3.63, 3.8) is 0 Å². The number of hydrogen-bond donors (Lipinski definition) is 1. The minimum absolute atomic E-state index is 0.181. The second kappa shape index (κ2) is 7.38. The number of hydrogen-bond acceptors (Lipinski definition) is 3. The number of amides is 1. The summed E-state index contributed by atoms with van der Waals surface area (Å²) in [7, 11) is 1.57. The molecular weight excluding hydrogens is 318 g/mol. The van der Waals surface area contributed by atoms with Gasteiger partial charge in [0.2, 0.25) is 5.91 Å². The van der Waals surface area contributed by atoms with Gasteiger partial charge in [-0.2, -0.15) is 0 Å². The fourth-order valence-electron chi connectivity index (χ4n) is 3.23. The highest BCUT2D eigenvalue weighted by Crippen LogP contribution is 2.34. The number of nitrogens with zero attached hydrogens (tertiary/aromatic N) is 1. The average Bonchev–Trinajstić information content (AvgIpc) is 2.65. The molecule has 0 saturated heterocycles. The average molecular weight is 339 g/mol. The van der Waals surface area contributed by atoms with E-state index in [-0.39, 0.29) is 18.2 Å². The first-order valence-electron chi connectivity index (χ1n) is 8.33. The highest BCUT2D eigenvalue weighted by Gasteiger charge is 2.34. The zero-order chi connectivity index (χ0) is 17.8. The fraction of sp³-hybridized carbons (Fsp3) is 0.300. The Hall–Kier alpha value is -2.82. The first kappa shape index (κ1) is 17.0. The summed E-state index contributed by atoms with van der Waals surface area (Å²) < 4.78 is 5.60. The van der Waals surface area contributed by atoms with Crippen LogP contribution in [0.4, 0.5) is 0 Å². The van der Waals surface area contributed by atoms with Crippen molar-refractivity contribution >= 4 is 11.9 Å². The van der Waals surface area contributed by atoms with E-state index in [0.717, 1.165) is 11.1 Å². The number of rotatable bonds is 5. The Morgan fingerprint density at radius 3 is 2.56 bits per heavy atom. The number of carbonyl (C=O) groups is 2. The Morgan fingerprint density at radius 2 is 1.84 bits per heavy atom. The lowest BCUT2D eigenvalue weighted by Crippen LogP contribution is -2.46. The molecule has 0 aliphatic carbocycles. The van der Waals surface area contributed by atoms with Gasteiger partial charge < -0.3 is 14.7 Å². The Morgan fingerprint density at radius 1 is 1.16 bits per heavy atom. The van der Waals surface area contributed by atoms with E-state index in [1.165, 1.54) is 4.90 Å². The molecule has 1 aliphatic rings. The predicted molar refractivity (Wildman–Crippen MR) is 93.6 cm³/mol. The van der Waals surface area contributed by atoms with Crippen molar-refractivity contribution in [3.8, 4) is 5.75 Å². The van der Waals surface area contributed by atoms with Gasteiger partial charge in [-0.15, -0.1) is 0 Å². The van der Waals surface area contributed by atoms with Crippen molar-refractivity contribution in [2.45, 2.75) is 24.8 Å². The van der Waals surface area contributed by atoms with Gasteiger partial charge in [-0.05, 0) is 18.1 Å². The molecule has 2 unspecified atom stereocenters. The van der Waals surface area contributed by atoms with Crippen LogP contribution in [0, 0.1) is 0 Å². The van der Waals surface area contributed by atoms with Crippen LogP contribution in [0.5, 0.6) is 5.75 Å². The number of carboxylic acids is 1. The molecule has 25 heavy (non-hydrogen) atoms. The maximum Gasteiger partial charge on any atom is 0.326 e. The van der Waals surface area contributed by atoms with Crippen molar-refractivity contribution in [1.29, 1.82) is 0 Å². The van der Waals surface area contributed by atoms with E-state index in [1.807, 2.05) is 54.6 Å². The molecule has 2 aromatic carbocycles. The molecule has 3 rings (SSSR count). The minimum Gasteiger partial charge on any atom is -0.493 e. The molecule has 1 heterocycles. The van der Waals surface area contributed by atoms with Gasteiger partial charge in [-0.3, -0.25) is 4.79 Å². The minimum atomic E-state index is -1.000. The summed E-state index contributed by atoms with van der Waals surface area (Å²) in [6, 6.07) is 15.9. The normalized spacial score (nSPS) is 17.1. The number of ether oxygens (including phenoxy) is 1. The first-order valence-corrected chi connectivity index (χ1v) is 8.33. The topological polar surface area (TPSA) is 66.8 Å². The van der Waals surface area contributed by atoms with E-state index in [4.69, 9.17) is 4.74 Å². The number of para-hydroxylation sites is 1. The van der Waals surface area contributed by atoms with Crippen molar-refractivity contribution in [3.05, 3.63) is 65.7 Å². The molecule has 2 atom stereocenters. The molecular formula is C20H21NO4. The molecule has 0 radical (unpaired) electrons. The molecule has 0 spiro atoms. The van der Waals surface area contributed by atoms with Gasteiger partial charge in [0.1, 0.15) is 11.8 Å². The molecule has 130 valence electrons. The maximum atomic E-state index is 13.0. The molecule has 0 saturated carbocycles. The highest BCUT2D eigenvalue weighted by atomic mass is 16.5. The molecule has 5 heteroatoms. The van der Waals surface area contributed by atoms with Gasteiger partial charge in [-0.1, -0.05) is 48.5 Å². The number of aliphatic carboxylic acids is 1. The van der Waals surface area contributed by atoms with Crippen LogP contribution in [0.15, 0.2) is 54.6 Å². The van der Waals surface area contributed by atoms with Crippen LogP contribution in [0.25, 0.3) is 0 Å². The Kier molecular flexibility index (Phi) is 5.03. The van der Waals surface area contributed by atoms with E-state index >= 15 is 0 Å². The summed E-state index contributed by atoms with van der Waals surface area (Å²) in [6.07, 6.45) is 0.834. The fourth-order valence-corrected chi connectivity index (χ4v) is 3.23. The number of carboxylic acid groups (broad SMARTS) is 1. The summed E-state index contributed by atoms with van der Waals surface area (Å²) >= 11 is 0. The zero-order valence-electron chi connectivity index (χ0n) is 14.1. The smallest absolute Gasteiger partial charge is 0.326 e. The van der Waals surface area contributed by atoms with Crippen molar-refractivity contribution in [2.75, 3.05) is 13.7 Å². The maximum absolute atomic E-state index is 13.0. The highest BCUT2D eigenvalue weighted by molar-refractivity contribution is 5.88. The van der Waals surface area contributed by atoms with E-state index < -0.39 is 12.0 Å². The summed E-state index contributed by atoms with van der Waals surface area (Å²) in [6.45, 7) is 0.456. The van der Waals surface area contributed by atoms with Crippen LogP contribution < -0.4 is 4.74 Å². The standard InChI is InChI=1S/C20H21NO4/c1-21(17(20(23)24)13-14-7-3-2-4-8-14)19(22)16-11-12-25-18-10-6-5-9-15(16)18/h2-10,16-17H,11-13H2,1H3,(H,23,24). The Labute approximate surface area is 146 Å². The summed E-state index contributed by atoms with van der Waals surface area (Å²) in [5.41, 5.74) is 1.72. The van der Waals surface area contributed by atoms with Gasteiger partial charge >= 0.3 is 5.97 Å². The SMILES string of the molecule is CN(C(=O)C1CCOc2ccccc21)C(Cc1ccccc1)C(=O)O. The molecule has 0 bridgehead atoms. The lowest BCUT2D eigenvalue weighted by atomic mass is 9.91. The number of likely N-dealkylation sites (N-methyl/N-ethyl adjacent to an activating group) is 1. The van der Waals surface area contributed by atoms with Gasteiger partial charge in [0, 0.05) is 19.0 Å². The van der Waals surface area contributed by atoms with Gasteiger partial charge in [0.25, 0.3) is 0 Å². The molecule has 0 fully saturated rings. The van der Waals surface area contributed by atoms with Crippen molar-refractivity contribution in [2.24, 2.45) is 0 Å². The van der Waals surface area contributed by atoms with Crippen LogP contribution in [-0.4, -0.2) is 41.6 Å². The van der Waals surface area contributed by atoms with Gasteiger partial charge in [-0.25, -0.2) is 4.79 Å². The summed E-state index contributed by atoms with van der Waals surface area (Å²) in [5.74, 6) is -0.845. The van der Waals surface area contributed by atoms with Crippen LogP contribution in [-0.2, 0) is 16.0 Å². The van der Waals surface area contributed by atoms with Crippen molar-refractivity contribution < 1.29 is 19.4 Å². The van der Waals surface area contributed by atoms with Crippen LogP contribution in [0.2, 0.25) is 0 Å². The second-order valence-electron chi connectivity index (χ2n) is 6.22. The van der Waals surface area contributed by atoms with E-state index in [1.54, 1.807) is 7.05 Å². The molecule has 5 nitrogen and oxygen atoms in total. The lowest BCUT2D eigenvalue weighted by Gasteiger charge is -2.31. The van der Waals surface area contributed by atoms with Gasteiger partial charge in [0.15, 0.2) is 0 Å².